The molecule has 0 bridgehead atoms. The molecule has 0 fully saturated rings. The average Bonchev–Trinajstić information content (AvgIpc) is 2.15. The van der Waals surface area contributed by atoms with Crippen LogP contribution in [0.3, 0.4) is 0 Å². The minimum atomic E-state index is 0.515. The Labute approximate surface area is 78.4 Å². The van der Waals surface area contributed by atoms with Gasteiger partial charge in [-0.15, -0.1) is 0 Å². The fraction of sp³-hybridized carbons (Fsp3) is 0.400. The van der Waals surface area contributed by atoms with Gasteiger partial charge in [-0.1, -0.05) is 25.1 Å². The third kappa shape index (κ3) is 2.86. The van der Waals surface area contributed by atoms with Crippen molar-refractivity contribution in [2.45, 2.75) is 19.8 Å². The van der Waals surface area contributed by atoms with E-state index in [1.54, 1.807) is 6.21 Å². The Morgan fingerprint density at radius 2 is 2.23 bits per heavy atom. The van der Waals surface area contributed by atoms with Crippen molar-refractivity contribution in [3.63, 3.8) is 0 Å². The Morgan fingerprint density at radius 3 is 2.69 bits per heavy atom. The molecule has 0 N–H and O–H groups in total. The fourth-order valence-electron chi connectivity index (χ4n) is 0.941. The van der Waals surface area contributed by atoms with Crippen molar-refractivity contribution >= 4 is 6.21 Å². The summed E-state index contributed by atoms with van der Waals surface area (Å²) in [5.41, 5.74) is 2.04. The van der Waals surface area contributed by atoms with E-state index in [1.807, 2.05) is 12.3 Å². The lowest BCUT2D eigenvalue weighted by molar-refractivity contribution is 0.215. The molecule has 0 aliphatic rings. The van der Waals surface area contributed by atoms with Crippen LogP contribution in [0, 0.1) is 0 Å². The summed E-state index contributed by atoms with van der Waals surface area (Å²) in [5.74, 6) is 0.515. The largest absolute Gasteiger partial charge is 0.399 e. The quantitative estimate of drug-likeness (QED) is 0.525. The summed E-state index contributed by atoms with van der Waals surface area (Å²) in [7, 11) is 1.51. The third-order valence-corrected chi connectivity index (χ3v) is 1.77. The highest BCUT2D eigenvalue weighted by molar-refractivity contribution is 5.76. The van der Waals surface area contributed by atoms with Crippen molar-refractivity contribution in [2.24, 2.45) is 5.16 Å². The van der Waals surface area contributed by atoms with Crippen LogP contribution in [0.5, 0.6) is 0 Å². The van der Waals surface area contributed by atoms with Gasteiger partial charge in [-0.3, -0.25) is 4.98 Å². The van der Waals surface area contributed by atoms with Crippen molar-refractivity contribution in [1.29, 1.82) is 0 Å². The predicted octanol–water partition coefficient (Wildman–Crippen LogP) is 2.19. The summed E-state index contributed by atoms with van der Waals surface area (Å²) in [6.07, 6.45) is 3.45. The molecule has 0 aromatic carbocycles. The summed E-state index contributed by atoms with van der Waals surface area (Å²) in [4.78, 5) is 8.76. The third-order valence-electron chi connectivity index (χ3n) is 1.77. The first-order valence-corrected chi connectivity index (χ1v) is 4.26. The maximum Gasteiger partial charge on any atom is 0.106 e. The fourth-order valence-corrected chi connectivity index (χ4v) is 0.941. The van der Waals surface area contributed by atoms with Gasteiger partial charge in [0.15, 0.2) is 0 Å². The second-order valence-electron chi connectivity index (χ2n) is 3.09. The van der Waals surface area contributed by atoms with Crippen molar-refractivity contribution in [1.82, 2.24) is 4.98 Å². The normalized spacial score (nSPS) is 11.1. The van der Waals surface area contributed by atoms with Gasteiger partial charge >= 0.3 is 0 Å². The number of hydrogen-bond acceptors (Lipinski definition) is 3. The summed E-state index contributed by atoms with van der Waals surface area (Å²) in [6, 6.07) is 3.98. The highest BCUT2D eigenvalue weighted by Crippen LogP contribution is 2.11. The molecular weight excluding hydrogens is 164 g/mol. The smallest absolute Gasteiger partial charge is 0.106 e. The van der Waals surface area contributed by atoms with E-state index in [4.69, 9.17) is 0 Å². The van der Waals surface area contributed by atoms with E-state index in [0.29, 0.717) is 5.92 Å². The van der Waals surface area contributed by atoms with Crippen LogP contribution in [0.4, 0.5) is 0 Å². The lowest BCUT2D eigenvalue weighted by Gasteiger charge is -2.03. The average molecular weight is 178 g/mol. The van der Waals surface area contributed by atoms with Gasteiger partial charge in [0.05, 0.1) is 11.9 Å². The van der Waals surface area contributed by atoms with Crippen LogP contribution in [-0.2, 0) is 4.84 Å². The molecule has 0 saturated carbocycles. The van der Waals surface area contributed by atoms with Crippen LogP contribution in [-0.4, -0.2) is 18.3 Å². The molecule has 70 valence electrons. The summed E-state index contributed by atoms with van der Waals surface area (Å²) in [5, 5.41) is 3.63. The number of aromatic nitrogens is 1. The number of oxime groups is 1. The van der Waals surface area contributed by atoms with E-state index in [-0.39, 0.29) is 0 Å². The molecule has 0 saturated heterocycles. The molecular formula is C10H14N2O. The Morgan fingerprint density at radius 1 is 1.46 bits per heavy atom. The van der Waals surface area contributed by atoms with Crippen LogP contribution < -0.4 is 0 Å². The van der Waals surface area contributed by atoms with Gasteiger partial charge in [0, 0.05) is 6.20 Å². The molecule has 1 aromatic heterocycles. The zero-order chi connectivity index (χ0) is 9.68. The molecule has 0 aliphatic carbocycles. The monoisotopic (exact) mass is 178 g/mol. The molecule has 0 unspecified atom stereocenters. The Balaban J connectivity index is 2.75. The highest BCUT2D eigenvalue weighted by atomic mass is 16.6. The van der Waals surface area contributed by atoms with E-state index in [2.05, 4.69) is 34.9 Å². The summed E-state index contributed by atoms with van der Waals surface area (Å²) < 4.78 is 0. The van der Waals surface area contributed by atoms with Gasteiger partial charge in [-0.05, 0) is 17.5 Å². The van der Waals surface area contributed by atoms with Crippen molar-refractivity contribution in [3.8, 4) is 0 Å². The zero-order valence-electron chi connectivity index (χ0n) is 8.19. The van der Waals surface area contributed by atoms with Gasteiger partial charge in [0.25, 0.3) is 0 Å². The van der Waals surface area contributed by atoms with E-state index in [0.717, 1.165) is 5.69 Å². The number of pyridine rings is 1. The zero-order valence-corrected chi connectivity index (χ0v) is 8.19. The molecule has 0 aliphatic heterocycles. The number of rotatable bonds is 3. The topological polar surface area (TPSA) is 34.5 Å². The molecule has 13 heavy (non-hydrogen) atoms. The molecule has 0 atom stereocenters. The van der Waals surface area contributed by atoms with Crippen molar-refractivity contribution in [3.05, 3.63) is 29.6 Å². The van der Waals surface area contributed by atoms with Crippen molar-refractivity contribution in [2.75, 3.05) is 7.11 Å². The van der Waals surface area contributed by atoms with Crippen LogP contribution in [0.25, 0.3) is 0 Å². The Bertz CT molecular complexity index is 277. The second kappa shape index (κ2) is 4.60. The van der Waals surface area contributed by atoms with Gasteiger partial charge in [-0.2, -0.15) is 0 Å². The first-order valence-electron chi connectivity index (χ1n) is 4.26. The molecule has 1 aromatic rings. The SMILES string of the molecule is CO/N=C/c1ccc(C(C)C)cn1. The second-order valence-corrected chi connectivity index (χ2v) is 3.09. The maximum atomic E-state index is 4.55. The molecule has 0 spiro atoms. The molecule has 3 nitrogen and oxygen atoms in total. The molecule has 3 heteroatoms. The minimum Gasteiger partial charge on any atom is -0.399 e. The van der Waals surface area contributed by atoms with Crippen LogP contribution in [0.2, 0.25) is 0 Å². The maximum absolute atomic E-state index is 4.55. The molecule has 1 rings (SSSR count). The summed E-state index contributed by atoms with van der Waals surface area (Å²) >= 11 is 0. The first-order chi connectivity index (χ1) is 6.24. The van der Waals surface area contributed by atoms with Gasteiger partial charge in [-0.25, -0.2) is 0 Å². The Kier molecular flexibility index (Phi) is 3.43. The van der Waals surface area contributed by atoms with Gasteiger partial charge in [0.1, 0.15) is 7.11 Å². The van der Waals surface area contributed by atoms with Gasteiger partial charge < -0.3 is 4.84 Å². The van der Waals surface area contributed by atoms with E-state index in [1.165, 1.54) is 12.7 Å². The highest BCUT2D eigenvalue weighted by Gasteiger charge is 1.98. The van der Waals surface area contributed by atoms with E-state index in [9.17, 15) is 0 Å². The molecule has 0 amide bonds. The summed E-state index contributed by atoms with van der Waals surface area (Å²) in [6.45, 7) is 4.28. The number of hydrogen-bond donors (Lipinski definition) is 0. The predicted molar refractivity (Wildman–Crippen MR) is 52.9 cm³/mol. The van der Waals surface area contributed by atoms with Gasteiger partial charge in [0.2, 0.25) is 0 Å². The molecule has 1 heterocycles. The van der Waals surface area contributed by atoms with E-state index >= 15 is 0 Å². The van der Waals surface area contributed by atoms with Crippen LogP contribution in [0.15, 0.2) is 23.5 Å². The lowest BCUT2D eigenvalue weighted by Crippen LogP contribution is -1.92. The van der Waals surface area contributed by atoms with Crippen LogP contribution >= 0.6 is 0 Å². The van der Waals surface area contributed by atoms with Crippen molar-refractivity contribution < 1.29 is 4.84 Å². The first kappa shape index (κ1) is 9.71. The number of nitrogens with zero attached hydrogens (tertiary/aromatic N) is 2. The van der Waals surface area contributed by atoms with E-state index < -0.39 is 0 Å². The standard InChI is InChI=1S/C10H14N2O/c1-8(2)9-4-5-10(11-6-9)7-12-13-3/h4-8H,1-3H3/b12-7+. The van der Waals surface area contributed by atoms with Crippen LogP contribution in [0.1, 0.15) is 31.0 Å². The molecule has 0 radical (unpaired) electrons. The lowest BCUT2D eigenvalue weighted by atomic mass is 10.1. The Hall–Kier alpha value is -1.38. The minimum absolute atomic E-state index is 0.515.